The lowest BCUT2D eigenvalue weighted by Gasteiger charge is -2.09. The number of hydrogen-bond donors (Lipinski definition) is 1. The molecule has 2 N–H and O–H groups in total. The van der Waals surface area contributed by atoms with Crippen LogP contribution in [0, 0.1) is 25.5 Å². The fourth-order valence-electron chi connectivity index (χ4n) is 3.62. The number of rotatable bonds is 3. The van der Waals surface area contributed by atoms with Gasteiger partial charge in [-0.3, -0.25) is 0 Å². The predicted molar refractivity (Wildman–Crippen MR) is 115 cm³/mol. The van der Waals surface area contributed by atoms with Crippen molar-refractivity contribution in [3.63, 3.8) is 0 Å². The minimum Gasteiger partial charge on any atom is -0.395 e. The van der Waals surface area contributed by atoms with Crippen molar-refractivity contribution in [2.75, 3.05) is 5.73 Å². The van der Waals surface area contributed by atoms with Crippen molar-refractivity contribution in [1.29, 1.82) is 0 Å². The molecule has 0 amide bonds. The van der Waals surface area contributed by atoms with Gasteiger partial charge in [-0.25, -0.2) is 23.3 Å². The molecule has 6 nitrogen and oxygen atoms in total. The zero-order valence-corrected chi connectivity index (χ0v) is 16.8. The molecule has 0 saturated heterocycles. The Morgan fingerprint density at radius 3 is 2.55 bits per heavy atom. The van der Waals surface area contributed by atoms with Gasteiger partial charge in [0, 0.05) is 17.3 Å². The van der Waals surface area contributed by atoms with Crippen molar-refractivity contribution in [2.45, 2.75) is 13.8 Å². The van der Waals surface area contributed by atoms with Crippen LogP contribution < -0.4 is 5.73 Å². The van der Waals surface area contributed by atoms with Crippen molar-refractivity contribution in [2.24, 2.45) is 0 Å². The van der Waals surface area contributed by atoms with Crippen LogP contribution in [0.2, 0.25) is 0 Å². The number of anilines is 1. The van der Waals surface area contributed by atoms with Gasteiger partial charge in [-0.1, -0.05) is 12.1 Å². The molecule has 0 saturated carbocycles. The highest BCUT2D eigenvalue weighted by Crippen LogP contribution is 2.32. The van der Waals surface area contributed by atoms with Crippen LogP contribution in [0.4, 0.5) is 14.5 Å². The van der Waals surface area contributed by atoms with Gasteiger partial charge in [0.15, 0.2) is 5.65 Å². The molecule has 0 spiro atoms. The largest absolute Gasteiger partial charge is 0.395 e. The second kappa shape index (κ2) is 7.02. The van der Waals surface area contributed by atoms with Crippen molar-refractivity contribution in [1.82, 2.24) is 24.1 Å². The topological polar surface area (TPSA) is 74.0 Å². The third-order valence-electron chi connectivity index (χ3n) is 5.25. The van der Waals surface area contributed by atoms with E-state index in [9.17, 15) is 8.78 Å². The first kappa shape index (κ1) is 18.9. The van der Waals surface area contributed by atoms with Crippen molar-refractivity contribution in [3.05, 3.63) is 84.2 Å². The molecule has 5 aromatic rings. The van der Waals surface area contributed by atoms with E-state index in [0.29, 0.717) is 39.4 Å². The van der Waals surface area contributed by atoms with Gasteiger partial charge in [-0.2, -0.15) is 5.10 Å². The molecule has 2 aromatic carbocycles. The van der Waals surface area contributed by atoms with Crippen LogP contribution in [0.3, 0.4) is 0 Å². The van der Waals surface area contributed by atoms with Crippen LogP contribution >= 0.6 is 0 Å². The van der Waals surface area contributed by atoms with E-state index in [-0.39, 0.29) is 5.82 Å². The van der Waals surface area contributed by atoms with E-state index in [4.69, 9.17) is 5.73 Å². The minimum atomic E-state index is -0.409. The average molecular weight is 416 g/mol. The van der Waals surface area contributed by atoms with Crippen LogP contribution in [-0.2, 0) is 0 Å². The molecule has 31 heavy (non-hydrogen) atoms. The van der Waals surface area contributed by atoms with Crippen LogP contribution in [0.25, 0.3) is 33.7 Å². The Balaban J connectivity index is 1.59. The molecule has 154 valence electrons. The first-order valence-corrected chi connectivity index (χ1v) is 9.62. The van der Waals surface area contributed by atoms with Gasteiger partial charge < -0.3 is 10.3 Å². The van der Waals surface area contributed by atoms with Crippen LogP contribution in [0.5, 0.6) is 0 Å². The Morgan fingerprint density at radius 1 is 0.968 bits per heavy atom. The second-order valence-electron chi connectivity index (χ2n) is 7.41. The number of imidazole rings is 2. The van der Waals surface area contributed by atoms with Gasteiger partial charge in [-0.05, 0) is 49.2 Å². The summed E-state index contributed by atoms with van der Waals surface area (Å²) in [4.78, 5) is 8.70. The van der Waals surface area contributed by atoms with Gasteiger partial charge in [-0.15, -0.1) is 0 Å². The van der Waals surface area contributed by atoms with E-state index in [1.165, 1.54) is 22.7 Å². The lowest BCUT2D eigenvalue weighted by molar-refractivity contribution is 0.618. The summed E-state index contributed by atoms with van der Waals surface area (Å²) in [5.74, 6) is -0.753. The standard InChI is InChI=1S/C23H18F2N6/c1-13-3-5-16(24)8-17(13)20-11-31-23(29-20)22(26)18(9-28-31)15-4-6-21(19(25)7-15)30-10-14(2)27-12-30/h3-12H,26H2,1-2H3. The molecule has 3 aromatic heterocycles. The number of hydrogen-bond acceptors (Lipinski definition) is 4. The Labute approximate surface area is 176 Å². The summed E-state index contributed by atoms with van der Waals surface area (Å²) < 4.78 is 31.7. The average Bonchev–Trinajstić information content (AvgIpc) is 3.37. The first-order chi connectivity index (χ1) is 14.9. The summed E-state index contributed by atoms with van der Waals surface area (Å²) in [6.45, 7) is 3.72. The number of aromatic nitrogens is 5. The smallest absolute Gasteiger partial charge is 0.177 e. The quantitative estimate of drug-likeness (QED) is 0.462. The SMILES string of the molecule is Cc1cn(-c2ccc(-c3cnn4cc(-c5cc(F)ccc5C)nc4c3N)cc2F)cn1. The Morgan fingerprint density at radius 2 is 1.81 bits per heavy atom. The normalized spacial score (nSPS) is 11.4. The highest BCUT2D eigenvalue weighted by atomic mass is 19.1. The molecular weight excluding hydrogens is 398 g/mol. The van der Waals surface area contributed by atoms with Crippen molar-refractivity contribution >= 4 is 11.3 Å². The maximum absolute atomic E-state index is 14.8. The van der Waals surface area contributed by atoms with E-state index < -0.39 is 5.82 Å². The van der Waals surface area contributed by atoms with Gasteiger partial charge >= 0.3 is 0 Å². The monoisotopic (exact) mass is 416 g/mol. The number of nitrogens with two attached hydrogens (primary N) is 1. The Hall–Kier alpha value is -4.07. The molecule has 0 bridgehead atoms. The highest BCUT2D eigenvalue weighted by molar-refractivity contribution is 5.85. The summed E-state index contributed by atoms with van der Waals surface area (Å²) >= 11 is 0. The fourth-order valence-corrected chi connectivity index (χ4v) is 3.62. The summed E-state index contributed by atoms with van der Waals surface area (Å²) in [6, 6.07) is 9.39. The van der Waals surface area contributed by atoms with Gasteiger partial charge in [0.05, 0.1) is 41.5 Å². The number of nitrogens with zero attached hydrogens (tertiary/aromatic N) is 5. The van der Waals surface area contributed by atoms with Gasteiger partial charge in [0.25, 0.3) is 0 Å². The fraction of sp³-hybridized carbons (Fsp3) is 0.0870. The van der Waals surface area contributed by atoms with Crippen LogP contribution in [-0.4, -0.2) is 24.1 Å². The predicted octanol–water partition coefficient (Wildman–Crippen LogP) is 4.73. The molecule has 0 aliphatic rings. The Bertz CT molecular complexity index is 1450. The molecule has 8 heteroatoms. The van der Waals surface area contributed by atoms with E-state index in [1.54, 1.807) is 47.7 Å². The van der Waals surface area contributed by atoms with E-state index in [0.717, 1.165) is 11.3 Å². The lowest BCUT2D eigenvalue weighted by atomic mass is 10.1. The number of nitrogen functional groups attached to an aromatic ring is 1. The van der Waals surface area contributed by atoms with Crippen molar-refractivity contribution < 1.29 is 8.78 Å². The molecule has 0 aliphatic carbocycles. The Kier molecular flexibility index (Phi) is 4.28. The maximum atomic E-state index is 14.8. The zero-order valence-electron chi connectivity index (χ0n) is 16.8. The maximum Gasteiger partial charge on any atom is 0.177 e. The van der Waals surface area contributed by atoms with E-state index in [1.807, 2.05) is 13.8 Å². The zero-order chi connectivity index (χ0) is 21.7. The summed E-state index contributed by atoms with van der Waals surface area (Å²) in [7, 11) is 0. The molecule has 3 heterocycles. The van der Waals surface area contributed by atoms with Crippen molar-refractivity contribution in [3.8, 4) is 28.1 Å². The lowest BCUT2D eigenvalue weighted by Crippen LogP contribution is -2.00. The van der Waals surface area contributed by atoms with E-state index >= 15 is 0 Å². The minimum absolute atomic E-state index is 0.345. The third kappa shape index (κ3) is 3.22. The number of benzene rings is 2. The first-order valence-electron chi connectivity index (χ1n) is 9.62. The second-order valence-corrected chi connectivity index (χ2v) is 7.41. The molecule has 5 rings (SSSR count). The molecule has 0 atom stereocenters. The van der Waals surface area contributed by atoms with Crippen LogP contribution in [0.1, 0.15) is 11.3 Å². The van der Waals surface area contributed by atoms with E-state index in [2.05, 4.69) is 15.1 Å². The molecular formula is C23H18F2N6. The number of halogens is 2. The van der Waals surface area contributed by atoms with Crippen LogP contribution in [0.15, 0.2) is 61.3 Å². The number of aryl methyl sites for hydroxylation is 2. The third-order valence-corrected chi connectivity index (χ3v) is 5.25. The molecule has 0 aliphatic heterocycles. The summed E-state index contributed by atoms with van der Waals surface area (Å²) in [5.41, 5.74) is 11.6. The van der Waals surface area contributed by atoms with Gasteiger partial charge in [0.1, 0.15) is 11.6 Å². The summed E-state index contributed by atoms with van der Waals surface area (Å²) in [5, 5.41) is 4.37. The van der Waals surface area contributed by atoms with Gasteiger partial charge in [0.2, 0.25) is 0 Å². The molecule has 0 unspecified atom stereocenters. The molecule has 0 fully saturated rings. The summed E-state index contributed by atoms with van der Waals surface area (Å²) in [6.07, 6.45) is 6.58. The number of fused-ring (bicyclic) bond motifs is 1. The molecule has 0 radical (unpaired) electrons. The highest BCUT2D eigenvalue weighted by Gasteiger charge is 2.15.